The molecule has 0 aliphatic carbocycles. The second kappa shape index (κ2) is 17.7. The second-order valence-electron chi connectivity index (χ2n) is 15.0. The van der Waals surface area contributed by atoms with Crippen molar-refractivity contribution in [2.75, 3.05) is 57.4 Å². The van der Waals surface area contributed by atoms with Crippen molar-refractivity contribution in [2.24, 2.45) is 0 Å². The number of aromatic nitrogens is 8. The largest absolute Gasteiger partial charge is 0.496 e. The standard InChI is InChI=1S/C43H39N9O8S5/c1-23(38-44-24(21-62-38)19-57-32-11-26(53-2)13-34-28(32)15-36(59-34)30-17-51-40(46-30)64-42(48-51)55-4)5-8-56-43-49-52-18-31(47-41(52)65-43)37-16-29-33(12-27(54-3)14-35(29)60-37)58-20-25-22-63-39(45-25)50-6-9-61-10-7-50/h11-18,21-23H,5-10,19-20H2,1-4H3. The summed E-state index contributed by atoms with van der Waals surface area (Å²) in [5.41, 5.74) is 4.27. The highest BCUT2D eigenvalue weighted by molar-refractivity contribution is 7.99. The van der Waals surface area contributed by atoms with Crippen molar-refractivity contribution in [3.05, 3.63) is 75.9 Å². The molecule has 9 heterocycles. The zero-order chi connectivity index (χ0) is 44.0. The Bertz CT molecular complexity index is 3220. The predicted octanol–water partition coefficient (Wildman–Crippen LogP) is 9.94. The molecule has 10 aromatic rings. The summed E-state index contributed by atoms with van der Waals surface area (Å²) >= 11 is 7.97. The average molecular weight is 970 g/mol. The van der Waals surface area contributed by atoms with Gasteiger partial charge in [-0.2, -0.15) is 11.8 Å². The third-order valence-electron chi connectivity index (χ3n) is 10.7. The van der Waals surface area contributed by atoms with Crippen molar-refractivity contribution < 1.29 is 37.3 Å². The van der Waals surface area contributed by atoms with Gasteiger partial charge in [0.1, 0.15) is 58.8 Å². The first-order valence-electron chi connectivity index (χ1n) is 20.5. The van der Waals surface area contributed by atoms with Crippen LogP contribution in [0.1, 0.15) is 35.7 Å². The third-order valence-corrected chi connectivity index (χ3v) is 15.4. The fraction of sp³-hybridized carbons (Fsp3) is 0.302. The number of methoxy groups -OCH3 is 3. The van der Waals surface area contributed by atoms with Crippen LogP contribution in [0.4, 0.5) is 5.13 Å². The van der Waals surface area contributed by atoms with Gasteiger partial charge in [0.05, 0.1) is 67.5 Å². The summed E-state index contributed by atoms with van der Waals surface area (Å²) in [5, 5.41) is 17.8. The maximum Gasteiger partial charge on any atom is 0.294 e. The molecule has 334 valence electrons. The van der Waals surface area contributed by atoms with E-state index >= 15 is 0 Å². The van der Waals surface area contributed by atoms with Gasteiger partial charge in [-0.3, -0.25) is 0 Å². The number of hydrogen-bond acceptors (Lipinski definition) is 20. The number of ether oxygens (including phenoxy) is 6. The molecule has 1 aliphatic rings. The van der Waals surface area contributed by atoms with Gasteiger partial charge < -0.3 is 42.2 Å². The van der Waals surface area contributed by atoms with E-state index in [2.05, 4.69) is 32.4 Å². The highest BCUT2D eigenvalue weighted by Crippen LogP contribution is 2.40. The minimum atomic E-state index is 0.154. The molecule has 11 rings (SSSR count). The van der Waals surface area contributed by atoms with Crippen LogP contribution in [0, 0.1) is 0 Å². The molecule has 0 saturated carbocycles. The second-order valence-corrected chi connectivity index (χ2v) is 19.7. The normalized spacial score (nSPS) is 13.7. The highest BCUT2D eigenvalue weighted by atomic mass is 32.2. The summed E-state index contributed by atoms with van der Waals surface area (Å²) in [4.78, 5) is 22.9. The number of imidazole rings is 2. The predicted molar refractivity (Wildman–Crippen MR) is 253 cm³/mol. The smallest absolute Gasteiger partial charge is 0.294 e. The van der Waals surface area contributed by atoms with Crippen LogP contribution in [-0.2, 0) is 13.2 Å². The van der Waals surface area contributed by atoms with Gasteiger partial charge in [-0.25, -0.2) is 29.0 Å². The van der Waals surface area contributed by atoms with E-state index in [1.165, 1.54) is 22.7 Å². The van der Waals surface area contributed by atoms with Crippen molar-refractivity contribution in [1.29, 1.82) is 0 Å². The Morgan fingerprint density at radius 2 is 1.25 bits per heavy atom. The highest BCUT2D eigenvalue weighted by Gasteiger charge is 2.21. The first-order chi connectivity index (χ1) is 31.9. The van der Waals surface area contributed by atoms with E-state index in [1.807, 2.05) is 59.7 Å². The molecule has 65 heavy (non-hydrogen) atoms. The van der Waals surface area contributed by atoms with Crippen LogP contribution < -0.4 is 33.3 Å². The van der Waals surface area contributed by atoms with Crippen molar-refractivity contribution in [3.8, 4) is 56.3 Å². The third kappa shape index (κ3) is 8.51. The number of thioether (sulfide) groups is 1. The number of hydrogen-bond donors (Lipinski definition) is 0. The summed E-state index contributed by atoms with van der Waals surface area (Å²) in [6.45, 7) is 5.25. The molecule has 1 saturated heterocycles. The van der Waals surface area contributed by atoms with Gasteiger partial charge in [0.2, 0.25) is 9.92 Å². The summed E-state index contributed by atoms with van der Waals surface area (Å²) in [6, 6.07) is 11.3. The molecule has 1 unspecified atom stereocenters. The molecule has 0 radical (unpaired) electrons. The Kier molecular flexibility index (Phi) is 11.3. The maximum absolute atomic E-state index is 6.32. The number of anilines is 1. The molecule has 0 spiro atoms. The lowest BCUT2D eigenvalue weighted by Gasteiger charge is -2.25. The Morgan fingerprint density at radius 3 is 1.85 bits per heavy atom. The molecule has 22 heteroatoms. The van der Waals surface area contributed by atoms with Crippen LogP contribution in [0.15, 0.2) is 68.4 Å². The molecule has 1 aliphatic heterocycles. The van der Waals surface area contributed by atoms with Crippen LogP contribution in [0.25, 0.3) is 54.8 Å². The van der Waals surface area contributed by atoms with E-state index < -0.39 is 0 Å². The van der Waals surface area contributed by atoms with Crippen LogP contribution in [-0.4, -0.2) is 91.7 Å². The Morgan fingerprint density at radius 1 is 0.662 bits per heavy atom. The van der Waals surface area contributed by atoms with Gasteiger partial charge >= 0.3 is 0 Å². The van der Waals surface area contributed by atoms with Crippen LogP contribution in [0.3, 0.4) is 0 Å². The van der Waals surface area contributed by atoms with Crippen molar-refractivity contribution in [1.82, 2.24) is 39.2 Å². The van der Waals surface area contributed by atoms with Crippen molar-refractivity contribution in [3.63, 3.8) is 0 Å². The molecule has 1 atom stereocenters. The van der Waals surface area contributed by atoms with Gasteiger partial charge in [0, 0.05) is 65.5 Å². The fourth-order valence-electron chi connectivity index (χ4n) is 7.26. The lowest BCUT2D eigenvalue weighted by atomic mass is 10.1. The first-order valence-corrected chi connectivity index (χ1v) is 25.0. The maximum atomic E-state index is 6.32. The van der Waals surface area contributed by atoms with Gasteiger partial charge in [-0.05, 0) is 41.2 Å². The number of rotatable bonds is 17. The Labute approximate surface area is 390 Å². The van der Waals surface area contributed by atoms with Gasteiger partial charge in [-0.1, -0.05) is 6.92 Å². The van der Waals surface area contributed by atoms with E-state index in [1.54, 1.807) is 59.2 Å². The number of benzene rings is 2. The quantitative estimate of drug-likeness (QED) is 0.0843. The SMILES string of the molecule is COc1cc(OCc2csc(C(C)CCOc3nn4cc(-c5cc6c(OCc7csc(N8CCSCC8)n7)cc(OC)cc6o5)nc4s3)n2)c2cc(-c3cn4nc(OC)sc4n3)oc2c1. The molecule has 2 aromatic carbocycles. The molecular formula is C43H39N9O8S5. The minimum Gasteiger partial charge on any atom is -0.496 e. The zero-order valence-electron chi connectivity index (χ0n) is 35.3. The first kappa shape index (κ1) is 41.6. The van der Waals surface area contributed by atoms with E-state index in [0.717, 1.165) is 63.3 Å². The molecule has 1 fully saturated rings. The lowest BCUT2D eigenvalue weighted by Crippen LogP contribution is -2.32. The van der Waals surface area contributed by atoms with Gasteiger partial charge in [0.25, 0.3) is 10.4 Å². The lowest BCUT2D eigenvalue weighted by molar-refractivity contribution is 0.294. The Balaban J connectivity index is 0.704. The topological polar surface area (TPSA) is 171 Å². The number of nitrogens with zero attached hydrogens (tertiary/aromatic N) is 9. The number of thiazole rings is 2. The van der Waals surface area contributed by atoms with Crippen LogP contribution in [0.5, 0.6) is 33.4 Å². The summed E-state index contributed by atoms with van der Waals surface area (Å²) in [7, 11) is 4.82. The van der Waals surface area contributed by atoms with E-state index in [4.69, 9.17) is 52.2 Å². The van der Waals surface area contributed by atoms with Gasteiger partial charge in [0.15, 0.2) is 16.7 Å². The fourth-order valence-corrected chi connectivity index (χ4v) is 11.4. The van der Waals surface area contributed by atoms with E-state index in [9.17, 15) is 0 Å². The van der Waals surface area contributed by atoms with Crippen molar-refractivity contribution >= 4 is 94.1 Å². The molecule has 17 nitrogen and oxygen atoms in total. The Hall–Kier alpha value is -6.07. The number of furan rings is 2. The van der Waals surface area contributed by atoms with E-state index in [0.29, 0.717) is 90.6 Å². The van der Waals surface area contributed by atoms with E-state index in [-0.39, 0.29) is 12.5 Å². The minimum absolute atomic E-state index is 0.154. The summed E-state index contributed by atoms with van der Waals surface area (Å²) < 4.78 is 51.0. The molecule has 8 aromatic heterocycles. The molecular weight excluding hydrogens is 931 g/mol. The number of fused-ring (bicyclic) bond motifs is 4. The zero-order valence-corrected chi connectivity index (χ0v) is 39.4. The van der Waals surface area contributed by atoms with Crippen molar-refractivity contribution in [2.45, 2.75) is 32.5 Å². The summed E-state index contributed by atoms with van der Waals surface area (Å²) in [5.74, 6) is 6.11. The molecule has 0 N–H and O–H groups in total. The molecule has 0 bridgehead atoms. The summed E-state index contributed by atoms with van der Waals surface area (Å²) in [6.07, 6.45) is 4.39. The molecule has 0 amide bonds. The average Bonchev–Trinajstić information content (AvgIpc) is 4.18. The monoisotopic (exact) mass is 969 g/mol. The van der Waals surface area contributed by atoms with Gasteiger partial charge in [-0.15, -0.1) is 32.9 Å². The van der Waals surface area contributed by atoms with Crippen LogP contribution >= 0.6 is 57.1 Å². The van der Waals surface area contributed by atoms with Crippen LogP contribution in [0.2, 0.25) is 0 Å².